The minimum Gasteiger partial charge on any atom is -0.400 e. The van der Waals surface area contributed by atoms with Gasteiger partial charge in [0.25, 0.3) is 0 Å². The van der Waals surface area contributed by atoms with E-state index in [1.54, 1.807) is 23.3 Å². The van der Waals surface area contributed by atoms with Crippen LogP contribution in [-0.2, 0) is 19.1 Å². The van der Waals surface area contributed by atoms with Gasteiger partial charge in [-0.1, -0.05) is 19.1 Å². The fourth-order valence-corrected chi connectivity index (χ4v) is 6.94. The highest BCUT2D eigenvalue weighted by Crippen LogP contribution is 2.34. The molecule has 0 radical (unpaired) electrons. The van der Waals surface area contributed by atoms with E-state index in [9.17, 15) is 30.0 Å². The van der Waals surface area contributed by atoms with Gasteiger partial charge in [-0.05, 0) is 42.5 Å². The number of carbonyl (C=O) groups is 2. The Balaban J connectivity index is 0.000000329. The van der Waals surface area contributed by atoms with Crippen LogP contribution in [0.1, 0.15) is 19.4 Å². The molecule has 4 aromatic heterocycles. The van der Waals surface area contributed by atoms with Crippen LogP contribution in [0.25, 0.3) is 22.3 Å². The van der Waals surface area contributed by atoms with Crippen molar-refractivity contribution in [1.29, 1.82) is 0 Å². The maximum atomic E-state index is 11.1. The first-order valence-corrected chi connectivity index (χ1v) is 20.3. The highest BCUT2D eigenvalue weighted by atomic mass is 35.5. The molecule has 4 aromatic rings. The number of rotatable bonds is 13. The van der Waals surface area contributed by atoms with E-state index in [0.29, 0.717) is 52.7 Å². The number of fused-ring (bicyclic) bond motifs is 2. The van der Waals surface area contributed by atoms with E-state index in [2.05, 4.69) is 66.1 Å². The number of aliphatic hydroxyl groups excluding tert-OH is 5. The Labute approximate surface area is 359 Å². The van der Waals surface area contributed by atoms with Crippen LogP contribution >= 0.6 is 35.1 Å². The molecule has 2 fully saturated rings. The normalized spacial score (nSPS) is 22.4. The van der Waals surface area contributed by atoms with Crippen molar-refractivity contribution >= 4 is 80.2 Å². The Morgan fingerprint density at radius 2 is 1.30 bits per heavy atom. The van der Waals surface area contributed by atoms with Crippen LogP contribution in [0.3, 0.4) is 0 Å². The standard InChI is InChI=1S/C15H20N6O4S.C12H18N6O3S.C5H4.C3H3ClO.CH4O/c1-2-9(22)17-3-4-26-5-8-11(23)12(24)15(25-8)21-7-20-10-13(16)18-6-19-14(10)21;13-1-2-22-3-6-8(19)9(20)12(21-6)18-5-17-7-10(14)15-4-16-11(7)18;1-3-5-4-2;1-2-3(4)5;1-2/h2,6-8,11-12,15,23-24H,1,3-5H2,(H,17,22)(H2,16,18,19);4-6,8-9,12,19-20H,1-3,13H2,(H2,14,15,16);1H,2H3;2H,1H2;2H,1H3/t8-,11-,12-,15-;6-,8-,9-,12-;;;/m00.../s1. The third kappa shape index (κ3) is 14.4. The number of aromatic nitrogens is 8. The lowest BCUT2D eigenvalue weighted by Gasteiger charge is -2.16. The van der Waals surface area contributed by atoms with Crippen molar-refractivity contribution in [3.8, 4) is 24.2 Å². The molecule has 12 N–H and O–H groups in total. The number of terminal acetylenes is 1. The molecule has 0 unspecified atom stereocenters. The fraction of sp³-hybridized carbons (Fsp3) is 0.444. The Bertz CT molecular complexity index is 2090. The number of aliphatic hydroxyl groups is 5. The lowest BCUT2D eigenvalue weighted by atomic mass is 10.1. The molecule has 2 aliphatic rings. The monoisotopic (exact) mass is 892 g/mol. The van der Waals surface area contributed by atoms with Crippen molar-refractivity contribution in [2.45, 2.75) is 56.0 Å². The van der Waals surface area contributed by atoms with E-state index in [0.717, 1.165) is 18.9 Å². The van der Waals surface area contributed by atoms with Gasteiger partial charge in [0.15, 0.2) is 35.4 Å². The van der Waals surface area contributed by atoms with Gasteiger partial charge >= 0.3 is 0 Å². The maximum absolute atomic E-state index is 11.1. The smallest absolute Gasteiger partial charge is 0.244 e. The van der Waals surface area contributed by atoms with Crippen molar-refractivity contribution in [2.24, 2.45) is 5.73 Å². The molecular formula is C36H49ClN12O9S2. The first-order chi connectivity index (χ1) is 28.8. The summed E-state index contributed by atoms with van der Waals surface area (Å²) in [4.78, 5) is 44.8. The van der Waals surface area contributed by atoms with Crippen LogP contribution in [-0.4, -0.2) is 156 Å². The van der Waals surface area contributed by atoms with E-state index in [-0.39, 0.29) is 17.5 Å². The summed E-state index contributed by atoms with van der Waals surface area (Å²) in [5.41, 5.74) is 18.7. The van der Waals surface area contributed by atoms with Crippen LogP contribution < -0.4 is 22.5 Å². The molecule has 60 heavy (non-hydrogen) atoms. The van der Waals surface area contributed by atoms with Crippen molar-refractivity contribution in [2.75, 3.05) is 54.7 Å². The van der Waals surface area contributed by atoms with Crippen LogP contribution in [0.2, 0.25) is 0 Å². The number of ether oxygens (including phenoxy) is 2. The summed E-state index contributed by atoms with van der Waals surface area (Å²) in [6.07, 6.45) is 5.66. The molecule has 21 nitrogen and oxygen atoms in total. The van der Waals surface area contributed by atoms with Gasteiger partial charge in [0.2, 0.25) is 11.1 Å². The number of hydrogen-bond acceptors (Lipinski definition) is 20. The number of nitrogens with one attached hydrogen (secondary N) is 1. The molecule has 0 bridgehead atoms. The van der Waals surface area contributed by atoms with Gasteiger partial charge in [-0.15, -0.1) is 6.42 Å². The summed E-state index contributed by atoms with van der Waals surface area (Å²) in [5.74, 6) is 9.76. The molecule has 6 rings (SSSR count). The molecule has 1 amide bonds. The Kier molecular flexibility index (Phi) is 23.1. The summed E-state index contributed by atoms with van der Waals surface area (Å²) in [6.45, 7) is 9.20. The minimum absolute atomic E-state index is 0.230. The van der Waals surface area contributed by atoms with E-state index in [1.165, 1.54) is 47.7 Å². The quantitative estimate of drug-likeness (QED) is 0.0335. The summed E-state index contributed by atoms with van der Waals surface area (Å²) >= 11 is 7.77. The van der Waals surface area contributed by atoms with Gasteiger partial charge in [-0.25, -0.2) is 29.9 Å². The molecule has 2 saturated heterocycles. The predicted molar refractivity (Wildman–Crippen MR) is 230 cm³/mol. The van der Waals surface area contributed by atoms with Gasteiger partial charge in [0, 0.05) is 43.2 Å². The van der Waals surface area contributed by atoms with E-state index in [4.69, 9.17) is 49.8 Å². The third-order valence-electron chi connectivity index (χ3n) is 7.91. The van der Waals surface area contributed by atoms with Crippen molar-refractivity contribution in [3.05, 3.63) is 50.6 Å². The van der Waals surface area contributed by atoms with Crippen LogP contribution in [0.5, 0.6) is 0 Å². The van der Waals surface area contributed by atoms with Gasteiger partial charge in [0.1, 0.15) is 48.1 Å². The molecular weight excluding hydrogens is 844 g/mol. The van der Waals surface area contributed by atoms with Crippen LogP contribution in [0, 0.1) is 24.2 Å². The summed E-state index contributed by atoms with van der Waals surface area (Å²) < 4.78 is 14.7. The van der Waals surface area contributed by atoms with Gasteiger partial charge < -0.3 is 57.5 Å². The fourth-order valence-electron chi connectivity index (χ4n) is 5.18. The molecule has 326 valence electrons. The number of carbonyl (C=O) groups excluding carboxylic acids is 2. The van der Waals surface area contributed by atoms with E-state index >= 15 is 0 Å². The number of nitrogen functional groups attached to an aromatic ring is 2. The number of halogens is 1. The number of imidazole rings is 2. The second-order valence-corrected chi connectivity index (χ2v) is 14.4. The molecule has 0 aliphatic carbocycles. The van der Waals surface area contributed by atoms with Crippen molar-refractivity contribution in [3.63, 3.8) is 0 Å². The molecule has 24 heteroatoms. The topological polar surface area (TPSA) is 331 Å². The molecule has 0 saturated carbocycles. The van der Waals surface area contributed by atoms with E-state index < -0.39 is 54.3 Å². The average molecular weight is 893 g/mol. The first-order valence-electron chi connectivity index (χ1n) is 17.6. The van der Waals surface area contributed by atoms with Crippen LogP contribution in [0.15, 0.2) is 50.6 Å². The number of nitrogens with two attached hydrogens (primary N) is 3. The highest BCUT2D eigenvalue weighted by Gasteiger charge is 2.45. The first kappa shape index (κ1) is 51.3. The molecule has 8 atom stereocenters. The highest BCUT2D eigenvalue weighted by molar-refractivity contribution is 7.99. The molecule has 0 spiro atoms. The Morgan fingerprint density at radius 3 is 1.67 bits per heavy atom. The molecule has 0 aromatic carbocycles. The number of hydrogen-bond donors (Lipinski definition) is 9. The summed E-state index contributed by atoms with van der Waals surface area (Å²) in [6, 6.07) is 0. The zero-order valence-electron chi connectivity index (χ0n) is 32.7. The second-order valence-electron chi connectivity index (χ2n) is 11.7. The van der Waals surface area contributed by atoms with Crippen LogP contribution in [0.4, 0.5) is 11.6 Å². The molecule has 2 aliphatic heterocycles. The lowest BCUT2D eigenvalue weighted by Crippen LogP contribution is -2.33. The van der Waals surface area contributed by atoms with Gasteiger partial charge in [-0.3, -0.25) is 18.7 Å². The number of anilines is 2. The van der Waals surface area contributed by atoms with Crippen molar-refractivity contribution in [1.82, 2.24) is 44.4 Å². The number of allylic oxidation sites excluding steroid dienone is 1. The summed E-state index contributed by atoms with van der Waals surface area (Å²) in [5, 5.41) is 50.2. The second kappa shape index (κ2) is 27.1. The lowest BCUT2D eigenvalue weighted by molar-refractivity contribution is -0.116. The predicted octanol–water partition coefficient (Wildman–Crippen LogP) is -1.03. The SMILES string of the molecule is C#CC#CC.C=CC(=O)Cl.C=CC(=O)NCCSC[C@@H]1O[C@H](n2cnc3c(N)ncnc32)[C@@H](O)[C@H]1O.CO.NCCSC[C@@H]1O[C@H](n2cnc3c(N)ncnc32)[C@@H](O)[C@H]1O. The average Bonchev–Trinajstić information content (AvgIpc) is 4.02. The van der Waals surface area contributed by atoms with Gasteiger partial charge in [0.05, 0.1) is 24.9 Å². The van der Waals surface area contributed by atoms with Gasteiger partial charge in [-0.2, -0.15) is 23.5 Å². The van der Waals surface area contributed by atoms with E-state index in [1.807, 2.05) is 0 Å². The third-order valence-corrected chi connectivity index (χ3v) is 10.2. The number of nitrogens with zero attached hydrogens (tertiary/aromatic N) is 8. The minimum atomic E-state index is -1.13. The number of amides is 1. The summed E-state index contributed by atoms with van der Waals surface area (Å²) in [7, 11) is 1.00. The zero-order chi connectivity index (χ0) is 44.8. The largest absolute Gasteiger partial charge is 0.400 e. The van der Waals surface area contributed by atoms with Crippen molar-refractivity contribution < 1.29 is 44.6 Å². The Hall–Kier alpha value is -4.89. The zero-order valence-corrected chi connectivity index (χ0v) is 35.1. The molecule has 6 heterocycles. The maximum Gasteiger partial charge on any atom is 0.244 e. The number of thioether (sulfide) groups is 2. The Morgan fingerprint density at radius 1 is 0.850 bits per heavy atom.